The average molecular weight is 292 g/mol. The van der Waals surface area contributed by atoms with Gasteiger partial charge in [-0.15, -0.1) is 11.6 Å². The summed E-state index contributed by atoms with van der Waals surface area (Å²) in [5.41, 5.74) is 2.84. The minimum atomic E-state index is 0.0667. The largest absolute Gasteiger partial charge is 0.354 e. The van der Waals surface area contributed by atoms with Gasteiger partial charge in [0, 0.05) is 12.5 Å². The SMILES string of the molecule is CCCC(Cl)CNC(=O)C1C2CCc3ccccc3C21. The van der Waals surface area contributed by atoms with E-state index < -0.39 is 0 Å². The molecule has 1 aromatic carbocycles. The minimum absolute atomic E-state index is 0.0667. The van der Waals surface area contributed by atoms with Crippen LogP contribution in [0.3, 0.4) is 0 Å². The van der Waals surface area contributed by atoms with Crippen molar-refractivity contribution in [3.63, 3.8) is 0 Å². The quantitative estimate of drug-likeness (QED) is 0.827. The fraction of sp³-hybridized carbons (Fsp3) is 0.588. The molecule has 1 N–H and O–H groups in total. The van der Waals surface area contributed by atoms with E-state index in [0.717, 1.165) is 25.7 Å². The molecular formula is C17H22ClNO. The van der Waals surface area contributed by atoms with Crippen LogP contribution < -0.4 is 5.32 Å². The zero-order chi connectivity index (χ0) is 14.1. The molecule has 20 heavy (non-hydrogen) atoms. The summed E-state index contributed by atoms with van der Waals surface area (Å²) < 4.78 is 0. The average Bonchev–Trinajstić information content (AvgIpc) is 3.20. The van der Waals surface area contributed by atoms with E-state index in [-0.39, 0.29) is 17.2 Å². The summed E-state index contributed by atoms with van der Waals surface area (Å²) >= 11 is 6.17. The first-order chi connectivity index (χ1) is 9.72. The van der Waals surface area contributed by atoms with Crippen LogP contribution in [0.5, 0.6) is 0 Å². The van der Waals surface area contributed by atoms with Crippen molar-refractivity contribution in [3.05, 3.63) is 35.4 Å². The van der Waals surface area contributed by atoms with Gasteiger partial charge in [-0.05, 0) is 42.2 Å². The number of rotatable bonds is 5. The van der Waals surface area contributed by atoms with Crippen LogP contribution in [-0.4, -0.2) is 17.8 Å². The van der Waals surface area contributed by atoms with Crippen LogP contribution in [-0.2, 0) is 11.2 Å². The maximum Gasteiger partial charge on any atom is 0.224 e. The summed E-state index contributed by atoms with van der Waals surface area (Å²) in [4.78, 5) is 12.3. The fourth-order valence-electron chi connectivity index (χ4n) is 3.67. The predicted molar refractivity (Wildman–Crippen MR) is 82.0 cm³/mol. The highest BCUT2D eigenvalue weighted by atomic mass is 35.5. The standard InChI is InChI=1S/C17H22ClNO/c1-2-5-12(18)10-19-17(20)16-14-9-8-11-6-3-4-7-13(11)15(14)16/h3-4,6-7,12,14-16H,2,5,8-10H2,1H3,(H,19,20). The summed E-state index contributed by atoms with van der Waals surface area (Å²) in [5.74, 6) is 1.41. The Hall–Kier alpha value is -1.02. The Morgan fingerprint density at radius 2 is 2.25 bits per heavy atom. The van der Waals surface area contributed by atoms with E-state index >= 15 is 0 Å². The molecule has 4 unspecified atom stereocenters. The smallest absolute Gasteiger partial charge is 0.224 e. The number of aryl methyl sites for hydroxylation is 1. The van der Waals surface area contributed by atoms with Crippen molar-refractivity contribution >= 4 is 17.5 Å². The van der Waals surface area contributed by atoms with Crippen molar-refractivity contribution in [2.45, 2.75) is 43.9 Å². The first kappa shape index (κ1) is 13.9. The van der Waals surface area contributed by atoms with Gasteiger partial charge < -0.3 is 5.32 Å². The maximum atomic E-state index is 12.3. The van der Waals surface area contributed by atoms with Crippen molar-refractivity contribution in [3.8, 4) is 0 Å². The Bertz CT molecular complexity index is 502. The van der Waals surface area contributed by atoms with E-state index in [0.29, 0.717) is 18.4 Å². The lowest BCUT2D eigenvalue weighted by molar-refractivity contribution is -0.122. The number of fused-ring (bicyclic) bond motifs is 3. The fourth-order valence-corrected chi connectivity index (χ4v) is 3.96. The number of benzene rings is 1. The third-order valence-corrected chi connectivity index (χ3v) is 5.10. The number of amides is 1. The Morgan fingerprint density at radius 1 is 1.45 bits per heavy atom. The molecular weight excluding hydrogens is 270 g/mol. The summed E-state index contributed by atoms with van der Waals surface area (Å²) in [6.07, 6.45) is 4.29. The second kappa shape index (κ2) is 5.77. The molecule has 1 saturated carbocycles. The molecule has 3 rings (SSSR count). The van der Waals surface area contributed by atoms with Gasteiger partial charge in [0.05, 0.1) is 5.38 Å². The van der Waals surface area contributed by atoms with Crippen LogP contribution in [0.1, 0.15) is 43.2 Å². The van der Waals surface area contributed by atoms with Gasteiger partial charge in [-0.3, -0.25) is 4.79 Å². The number of halogens is 1. The normalized spacial score (nSPS) is 28.2. The van der Waals surface area contributed by atoms with Crippen molar-refractivity contribution in [2.75, 3.05) is 6.54 Å². The highest BCUT2D eigenvalue weighted by Crippen LogP contribution is 2.59. The molecule has 0 aliphatic heterocycles. The lowest BCUT2D eigenvalue weighted by Gasteiger charge is -2.13. The topological polar surface area (TPSA) is 29.1 Å². The first-order valence-electron chi connectivity index (χ1n) is 7.72. The van der Waals surface area contributed by atoms with Crippen LogP contribution in [0.15, 0.2) is 24.3 Å². The zero-order valence-corrected chi connectivity index (χ0v) is 12.7. The molecule has 108 valence electrons. The predicted octanol–water partition coefficient (Wildman–Crippen LogP) is 3.49. The van der Waals surface area contributed by atoms with Gasteiger partial charge in [-0.25, -0.2) is 0 Å². The lowest BCUT2D eigenvalue weighted by atomic mass is 9.92. The van der Waals surface area contributed by atoms with Gasteiger partial charge in [0.25, 0.3) is 0 Å². The van der Waals surface area contributed by atoms with E-state index in [1.165, 1.54) is 11.1 Å². The highest BCUT2D eigenvalue weighted by molar-refractivity contribution is 6.20. The Balaban J connectivity index is 1.60. The summed E-state index contributed by atoms with van der Waals surface area (Å²) in [7, 11) is 0. The van der Waals surface area contributed by atoms with Crippen molar-refractivity contribution in [2.24, 2.45) is 11.8 Å². The summed E-state index contributed by atoms with van der Waals surface area (Å²) in [6, 6.07) is 8.58. The van der Waals surface area contributed by atoms with Crippen molar-refractivity contribution in [1.29, 1.82) is 0 Å². The number of hydrogen-bond donors (Lipinski definition) is 1. The number of nitrogens with one attached hydrogen (secondary N) is 1. The molecule has 3 heteroatoms. The molecule has 0 radical (unpaired) electrons. The van der Waals surface area contributed by atoms with Crippen LogP contribution in [0, 0.1) is 11.8 Å². The Kier molecular flexibility index (Phi) is 4.02. The molecule has 2 nitrogen and oxygen atoms in total. The molecule has 1 amide bonds. The van der Waals surface area contributed by atoms with Gasteiger partial charge >= 0.3 is 0 Å². The van der Waals surface area contributed by atoms with Crippen LogP contribution in [0.25, 0.3) is 0 Å². The number of hydrogen-bond acceptors (Lipinski definition) is 1. The summed E-state index contributed by atoms with van der Waals surface area (Å²) in [6.45, 7) is 2.72. The van der Waals surface area contributed by atoms with Crippen LogP contribution in [0.2, 0.25) is 0 Å². The number of alkyl halides is 1. The third-order valence-electron chi connectivity index (χ3n) is 4.73. The summed E-state index contributed by atoms with van der Waals surface area (Å²) in [5, 5.41) is 3.11. The second-order valence-corrected chi connectivity index (χ2v) is 6.70. The molecule has 1 aromatic rings. The van der Waals surface area contributed by atoms with Gasteiger partial charge in [0.2, 0.25) is 5.91 Å². The minimum Gasteiger partial charge on any atom is -0.354 e. The van der Waals surface area contributed by atoms with E-state index in [1.807, 2.05) is 0 Å². The molecule has 0 saturated heterocycles. The van der Waals surface area contributed by atoms with Gasteiger partial charge in [-0.2, -0.15) is 0 Å². The lowest BCUT2D eigenvalue weighted by Crippen LogP contribution is -2.31. The van der Waals surface area contributed by atoms with Gasteiger partial charge in [0.15, 0.2) is 0 Å². The molecule has 0 bridgehead atoms. The Labute approximate surface area is 125 Å². The Morgan fingerprint density at radius 3 is 3.05 bits per heavy atom. The van der Waals surface area contributed by atoms with E-state index in [4.69, 9.17) is 11.6 Å². The second-order valence-electron chi connectivity index (χ2n) is 6.08. The zero-order valence-electron chi connectivity index (χ0n) is 11.9. The van der Waals surface area contributed by atoms with Crippen LogP contribution >= 0.6 is 11.6 Å². The van der Waals surface area contributed by atoms with E-state index in [1.54, 1.807) is 0 Å². The monoisotopic (exact) mass is 291 g/mol. The van der Waals surface area contributed by atoms with Crippen molar-refractivity contribution in [1.82, 2.24) is 5.32 Å². The van der Waals surface area contributed by atoms with Crippen molar-refractivity contribution < 1.29 is 4.79 Å². The highest BCUT2D eigenvalue weighted by Gasteiger charge is 2.56. The molecule has 2 aliphatic carbocycles. The number of carbonyl (C=O) groups is 1. The molecule has 4 atom stereocenters. The van der Waals surface area contributed by atoms with Gasteiger partial charge in [0.1, 0.15) is 0 Å². The van der Waals surface area contributed by atoms with E-state index in [2.05, 4.69) is 36.5 Å². The molecule has 0 aromatic heterocycles. The first-order valence-corrected chi connectivity index (χ1v) is 8.15. The van der Waals surface area contributed by atoms with Gasteiger partial charge in [-0.1, -0.05) is 37.6 Å². The molecule has 1 fully saturated rings. The number of carbonyl (C=O) groups excluding carboxylic acids is 1. The third kappa shape index (κ3) is 2.58. The maximum absolute atomic E-state index is 12.3. The molecule has 0 heterocycles. The molecule has 2 aliphatic rings. The molecule has 0 spiro atoms. The van der Waals surface area contributed by atoms with E-state index in [9.17, 15) is 4.79 Å². The van der Waals surface area contributed by atoms with Crippen LogP contribution in [0.4, 0.5) is 0 Å².